The third-order valence-electron chi connectivity index (χ3n) is 4.61. The molecular weight excluding hydrogens is 328 g/mol. The number of hydrogen-bond donors (Lipinski definition) is 0. The fourth-order valence-electron chi connectivity index (χ4n) is 3.22. The van der Waals surface area contributed by atoms with Crippen LogP contribution in [0.1, 0.15) is 42.5 Å². The summed E-state index contributed by atoms with van der Waals surface area (Å²) < 4.78 is 10.7. The summed E-state index contributed by atoms with van der Waals surface area (Å²) in [5, 5.41) is 6.26. The molecule has 0 radical (unpaired) electrons. The second-order valence-electron chi connectivity index (χ2n) is 6.34. The molecule has 1 amide bonds. The lowest BCUT2D eigenvalue weighted by atomic mass is 9.97. The van der Waals surface area contributed by atoms with Crippen molar-refractivity contribution < 1.29 is 14.3 Å². The van der Waals surface area contributed by atoms with Crippen molar-refractivity contribution in [1.29, 1.82) is 0 Å². The van der Waals surface area contributed by atoms with E-state index in [1.54, 1.807) is 19.2 Å². The Bertz CT molecular complexity index is 845. The van der Waals surface area contributed by atoms with Crippen molar-refractivity contribution in [3.63, 3.8) is 0 Å². The van der Waals surface area contributed by atoms with Gasteiger partial charge < -0.3 is 9.47 Å². The highest BCUT2D eigenvalue weighted by atomic mass is 16.5. The minimum Gasteiger partial charge on any atom is -0.493 e. The average Bonchev–Trinajstić information content (AvgIpc) is 3.12. The highest BCUT2D eigenvalue weighted by Gasteiger charge is 2.32. The van der Waals surface area contributed by atoms with Crippen LogP contribution in [0.15, 0.2) is 47.6 Å². The number of carbonyl (C=O) groups is 1. The van der Waals surface area contributed by atoms with Crippen molar-refractivity contribution in [1.82, 2.24) is 5.01 Å². The molecule has 1 heterocycles. The number of amides is 1. The molecule has 5 nitrogen and oxygen atoms in total. The first-order valence-electron chi connectivity index (χ1n) is 8.75. The molecule has 0 saturated carbocycles. The molecule has 0 spiro atoms. The van der Waals surface area contributed by atoms with Crippen LogP contribution < -0.4 is 9.47 Å². The first-order valence-corrected chi connectivity index (χ1v) is 8.75. The van der Waals surface area contributed by atoms with E-state index in [2.05, 4.69) is 24.2 Å². The molecule has 1 aliphatic heterocycles. The normalized spacial score (nSPS) is 16.4. The number of hydrogen-bond acceptors (Lipinski definition) is 4. The SMILES string of the molecule is CCC(=O)N1N=C(c2cccc(C)c2)CC1c1ccc(OC)c(OC)c1. The molecule has 0 fully saturated rings. The van der Waals surface area contributed by atoms with Crippen LogP contribution in [0.3, 0.4) is 0 Å². The van der Waals surface area contributed by atoms with Gasteiger partial charge in [-0.05, 0) is 30.2 Å². The summed E-state index contributed by atoms with van der Waals surface area (Å²) in [5.41, 5.74) is 4.14. The number of aryl methyl sites for hydroxylation is 1. The largest absolute Gasteiger partial charge is 0.493 e. The summed E-state index contributed by atoms with van der Waals surface area (Å²) in [5.74, 6) is 1.33. The van der Waals surface area contributed by atoms with E-state index in [0.29, 0.717) is 24.3 Å². The molecule has 0 aliphatic carbocycles. The Kier molecular flexibility index (Phi) is 5.26. The Morgan fingerprint density at radius 3 is 2.58 bits per heavy atom. The topological polar surface area (TPSA) is 51.1 Å². The van der Waals surface area contributed by atoms with Crippen molar-refractivity contribution in [2.24, 2.45) is 5.10 Å². The Hall–Kier alpha value is -2.82. The number of ether oxygens (including phenoxy) is 2. The van der Waals surface area contributed by atoms with E-state index in [9.17, 15) is 4.79 Å². The minimum atomic E-state index is -0.141. The zero-order valence-corrected chi connectivity index (χ0v) is 15.7. The van der Waals surface area contributed by atoms with Crippen molar-refractivity contribution in [3.05, 3.63) is 59.2 Å². The van der Waals surface area contributed by atoms with Crippen molar-refractivity contribution in [2.75, 3.05) is 14.2 Å². The van der Waals surface area contributed by atoms with Crippen LogP contribution in [0.5, 0.6) is 11.5 Å². The molecule has 5 heteroatoms. The van der Waals surface area contributed by atoms with Crippen LogP contribution in [0.2, 0.25) is 0 Å². The van der Waals surface area contributed by atoms with Gasteiger partial charge in [-0.2, -0.15) is 5.10 Å². The Labute approximate surface area is 154 Å². The Morgan fingerprint density at radius 2 is 1.92 bits per heavy atom. The highest BCUT2D eigenvalue weighted by Crippen LogP contribution is 2.37. The molecule has 26 heavy (non-hydrogen) atoms. The van der Waals surface area contributed by atoms with Gasteiger partial charge in [0.15, 0.2) is 11.5 Å². The Balaban J connectivity index is 1.98. The second-order valence-corrected chi connectivity index (χ2v) is 6.34. The number of hydrazone groups is 1. The van der Waals surface area contributed by atoms with Crippen LogP contribution in [0.25, 0.3) is 0 Å². The summed E-state index contributed by atoms with van der Waals surface area (Å²) in [4.78, 5) is 12.5. The lowest BCUT2D eigenvalue weighted by Crippen LogP contribution is -2.26. The van der Waals surface area contributed by atoms with E-state index in [1.165, 1.54) is 5.56 Å². The molecule has 3 rings (SSSR count). The van der Waals surface area contributed by atoms with Crippen LogP contribution in [0.4, 0.5) is 0 Å². The number of benzene rings is 2. The predicted octanol–water partition coefficient (Wildman–Crippen LogP) is 4.10. The number of nitrogens with zero attached hydrogens (tertiary/aromatic N) is 2. The average molecular weight is 352 g/mol. The first-order chi connectivity index (χ1) is 12.6. The zero-order valence-electron chi connectivity index (χ0n) is 15.7. The number of methoxy groups -OCH3 is 2. The lowest BCUT2D eigenvalue weighted by molar-refractivity contribution is -0.132. The van der Waals surface area contributed by atoms with Gasteiger partial charge in [-0.25, -0.2) is 5.01 Å². The fraction of sp³-hybridized carbons (Fsp3) is 0.333. The maximum absolute atomic E-state index is 12.5. The monoisotopic (exact) mass is 352 g/mol. The molecule has 136 valence electrons. The van der Waals surface area contributed by atoms with E-state index in [1.807, 2.05) is 37.3 Å². The molecule has 0 bridgehead atoms. The van der Waals surface area contributed by atoms with Crippen molar-refractivity contribution in [2.45, 2.75) is 32.7 Å². The van der Waals surface area contributed by atoms with Crippen LogP contribution in [-0.2, 0) is 4.79 Å². The van der Waals surface area contributed by atoms with Gasteiger partial charge in [0.25, 0.3) is 0 Å². The van der Waals surface area contributed by atoms with Crippen molar-refractivity contribution in [3.8, 4) is 11.5 Å². The standard InChI is InChI=1S/C21H24N2O3/c1-5-21(24)23-18(16-9-10-19(25-3)20(12-16)26-4)13-17(22-23)15-8-6-7-14(2)11-15/h6-12,18H,5,13H2,1-4H3. The molecule has 2 aromatic rings. The summed E-state index contributed by atoms with van der Waals surface area (Å²) >= 11 is 0. The van der Waals surface area contributed by atoms with Crippen LogP contribution in [0, 0.1) is 6.92 Å². The van der Waals surface area contributed by atoms with Gasteiger partial charge in [-0.3, -0.25) is 4.79 Å². The Morgan fingerprint density at radius 1 is 1.15 bits per heavy atom. The van der Waals surface area contributed by atoms with Crippen molar-refractivity contribution >= 4 is 11.6 Å². The van der Waals surface area contributed by atoms with Crippen LogP contribution >= 0.6 is 0 Å². The van der Waals surface area contributed by atoms with E-state index < -0.39 is 0 Å². The van der Waals surface area contributed by atoms with Crippen LogP contribution in [-0.4, -0.2) is 30.8 Å². The maximum atomic E-state index is 12.5. The molecule has 2 aromatic carbocycles. The third-order valence-corrected chi connectivity index (χ3v) is 4.61. The van der Waals surface area contributed by atoms with Gasteiger partial charge in [0.1, 0.15) is 0 Å². The van der Waals surface area contributed by atoms with Gasteiger partial charge in [0.2, 0.25) is 5.91 Å². The maximum Gasteiger partial charge on any atom is 0.242 e. The summed E-state index contributed by atoms with van der Waals surface area (Å²) in [6, 6.07) is 13.8. The van der Waals surface area contributed by atoms with E-state index in [4.69, 9.17) is 9.47 Å². The van der Waals surface area contributed by atoms with Gasteiger partial charge in [-0.1, -0.05) is 42.8 Å². The molecule has 0 N–H and O–H groups in total. The van der Waals surface area contributed by atoms with Gasteiger partial charge >= 0.3 is 0 Å². The predicted molar refractivity (Wildman–Crippen MR) is 102 cm³/mol. The zero-order chi connectivity index (χ0) is 18.7. The molecule has 1 unspecified atom stereocenters. The quantitative estimate of drug-likeness (QED) is 0.814. The van der Waals surface area contributed by atoms with Gasteiger partial charge in [0, 0.05) is 12.8 Å². The second kappa shape index (κ2) is 7.60. The summed E-state index contributed by atoms with van der Waals surface area (Å²) in [7, 11) is 3.22. The fourth-order valence-corrected chi connectivity index (χ4v) is 3.22. The smallest absolute Gasteiger partial charge is 0.242 e. The number of rotatable bonds is 5. The van der Waals surface area contributed by atoms with Gasteiger partial charge in [-0.15, -0.1) is 0 Å². The lowest BCUT2D eigenvalue weighted by Gasteiger charge is -2.22. The molecule has 1 aliphatic rings. The summed E-state index contributed by atoms with van der Waals surface area (Å²) in [6.45, 7) is 3.91. The highest BCUT2D eigenvalue weighted by molar-refractivity contribution is 6.03. The molecule has 0 saturated heterocycles. The first kappa shape index (κ1) is 18.0. The summed E-state index contributed by atoms with van der Waals surface area (Å²) in [6.07, 6.45) is 1.08. The van der Waals surface area contributed by atoms with E-state index in [-0.39, 0.29) is 11.9 Å². The number of carbonyl (C=O) groups excluding carboxylic acids is 1. The minimum absolute atomic E-state index is 0.00689. The molecule has 0 aromatic heterocycles. The third kappa shape index (κ3) is 3.43. The molecule has 1 atom stereocenters. The van der Waals surface area contributed by atoms with Gasteiger partial charge in [0.05, 0.1) is 26.0 Å². The molecular formula is C21H24N2O3. The van der Waals surface area contributed by atoms with E-state index in [0.717, 1.165) is 16.8 Å². The van der Waals surface area contributed by atoms with E-state index >= 15 is 0 Å².